The molecular weight excluding hydrogens is 657 g/mol. The normalized spacial score (nSPS) is 14.5. The summed E-state index contributed by atoms with van der Waals surface area (Å²) in [6.07, 6.45) is 11.9. The first-order chi connectivity index (χ1) is 20.5. The maximum atomic E-state index is 2.59. The largest absolute Gasteiger partial charge is 1.00 e. The van der Waals surface area contributed by atoms with Crippen LogP contribution in [0.1, 0.15) is 72.5 Å². The zero-order valence-corrected chi connectivity index (χ0v) is 30.4. The number of hydrogen-bond donors (Lipinski definition) is 0. The Hall–Kier alpha value is -2.51. The van der Waals surface area contributed by atoms with Gasteiger partial charge in [-0.05, 0) is 0 Å². The molecule has 226 valence electrons. The third-order valence-corrected chi connectivity index (χ3v) is 17.5. The second-order valence-electron chi connectivity index (χ2n) is 12.3. The van der Waals surface area contributed by atoms with Gasteiger partial charge in [-0.2, -0.15) is 0 Å². The Kier molecular flexibility index (Phi) is 11.9. The minimum Gasteiger partial charge on any atom is -1.00 e. The predicted molar refractivity (Wildman–Crippen MR) is 179 cm³/mol. The molecule has 44 heavy (non-hydrogen) atoms. The first-order valence-electron chi connectivity index (χ1n) is 15.7. The molecule has 0 bridgehead atoms. The molecule has 0 aromatic heterocycles. The Morgan fingerprint density at radius 2 is 1.20 bits per heavy atom. The molecule has 0 heterocycles. The molecule has 1 nitrogen and oxygen atoms in total. The molecule has 0 aliphatic heterocycles. The van der Waals surface area contributed by atoms with Gasteiger partial charge in [-0.15, -0.1) is 0 Å². The Balaban J connectivity index is 0.00000221. The van der Waals surface area contributed by atoms with E-state index in [2.05, 4.69) is 161 Å². The van der Waals surface area contributed by atoms with E-state index in [9.17, 15) is 0 Å². The summed E-state index contributed by atoms with van der Waals surface area (Å²) in [4.78, 5) is 2.58. The topological polar surface area (TPSA) is 3.24 Å². The molecule has 4 aromatic rings. The van der Waals surface area contributed by atoms with Gasteiger partial charge >= 0.3 is 262 Å². The van der Waals surface area contributed by atoms with Crippen molar-refractivity contribution in [2.24, 2.45) is 0 Å². The Morgan fingerprint density at radius 3 is 1.73 bits per heavy atom. The van der Waals surface area contributed by atoms with Gasteiger partial charge in [0.05, 0.1) is 0 Å². The summed E-state index contributed by atoms with van der Waals surface area (Å²) in [5, 5.41) is 0. The van der Waals surface area contributed by atoms with Crippen molar-refractivity contribution in [2.75, 3.05) is 4.90 Å². The van der Waals surface area contributed by atoms with Crippen molar-refractivity contribution < 1.29 is 46.1 Å². The van der Waals surface area contributed by atoms with E-state index in [-0.39, 0.29) is 24.8 Å². The number of allylic oxidation sites excluding steroid dienone is 4. The van der Waals surface area contributed by atoms with Gasteiger partial charge in [0.2, 0.25) is 0 Å². The Morgan fingerprint density at radius 1 is 0.682 bits per heavy atom. The molecule has 0 fully saturated rings. The van der Waals surface area contributed by atoms with E-state index in [0.29, 0.717) is 19.3 Å². The number of aryl methyl sites for hydroxylation is 1. The fraction of sp³-hybridized carbons (Fsp3) is 0.275. The van der Waals surface area contributed by atoms with Crippen LogP contribution in [0.2, 0.25) is 3.63 Å². The van der Waals surface area contributed by atoms with Gasteiger partial charge in [0.25, 0.3) is 0 Å². The minimum absolute atomic E-state index is 0. The van der Waals surface area contributed by atoms with Crippen molar-refractivity contribution in [3.63, 3.8) is 0 Å². The maximum absolute atomic E-state index is 2.65. The second kappa shape index (κ2) is 15.2. The van der Waals surface area contributed by atoms with Gasteiger partial charge in [-0.3, -0.25) is 0 Å². The molecule has 0 N–H and O–H groups in total. The second-order valence-corrected chi connectivity index (χ2v) is 18.9. The van der Waals surface area contributed by atoms with Crippen LogP contribution in [0.15, 0.2) is 121 Å². The van der Waals surface area contributed by atoms with Crippen LogP contribution >= 0.6 is 0 Å². The smallest absolute Gasteiger partial charge is 1.00 e. The molecular formula is C40H43Cl2NZr. The fourth-order valence-corrected chi connectivity index (χ4v) is 16.6. The summed E-state index contributed by atoms with van der Waals surface area (Å²) in [7, 11) is 0. The van der Waals surface area contributed by atoms with Crippen LogP contribution in [0.25, 0.3) is 11.1 Å². The van der Waals surface area contributed by atoms with Gasteiger partial charge in [-0.25, -0.2) is 0 Å². The van der Waals surface area contributed by atoms with Crippen molar-refractivity contribution in [3.8, 4) is 11.1 Å². The van der Waals surface area contributed by atoms with Gasteiger partial charge < -0.3 is 24.8 Å². The minimum atomic E-state index is -2.65. The molecule has 1 unspecified atom stereocenters. The van der Waals surface area contributed by atoms with Crippen molar-refractivity contribution in [1.82, 2.24) is 0 Å². The predicted octanol–water partition coefficient (Wildman–Crippen LogP) is 4.14. The maximum Gasteiger partial charge on any atom is -1.00 e. The van der Waals surface area contributed by atoms with Crippen LogP contribution in [0, 0.1) is 0 Å². The number of rotatable bonds is 9. The quantitative estimate of drug-likeness (QED) is 0.254. The summed E-state index contributed by atoms with van der Waals surface area (Å²) in [5.41, 5.74) is 11.6. The van der Waals surface area contributed by atoms with Crippen LogP contribution in [-0.2, 0) is 27.7 Å². The first kappa shape index (κ1) is 34.4. The molecule has 0 spiro atoms. The SMILES string of the molecule is CCCc1ccc2c(c1)[CH]([Zr+2](=[C](c1ccccc1)c1ccccc1)[CH]1C=CC=C1)c1cc(N(C(C)C)C(C)C)ccc1-2.[Cl-].[Cl-]. The van der Waals surface area contributed by atoms with Gasteiger partial charge in [0.1, 0.15) is 0 Å². The third kappa shape index (κ3) is 6.69. The summed E-state index contributed by atoms with van der Waals surface area (Å²) >= 11 is -2.65. The molecule has 0 saturated heterocycles. The van der Waals surface area contributed by atoms with E-state index in [4.69, 9.17) is 0 Å². The fourth-order valence-electron chi connectivity index (χ4n) is 7.28. The first-order valence-corrected chi connectivity index (χ1v) is 19.8. The average Bonchev–Trinajstić information content (AvgIpc) is 3.63. The van der Waals surface area contributed by atoms with Gasteiger partial charge in [0, 0.05) is 0 Å². The van der Waals surface area contributed by atoms with Crippen molar-refractivity contribution in [2.45, 2.75) is 66.8 Å². The zero-order valence-electron chi connectivity index (χ0n) is 26.5. The van der Waals surface area contributed by atoms with Gasteiger partial charge in [-0.1, -0.05) is 0 Å². The van der Waals surface area contributed by atoms with E-state index in [0.717, 1.165) is 6.42 Å². The molecule has 0 amide bonds. The number of hydrogen-bond acceptors (Lipinski definition) is 1. The number of halogens is 2. The van der Waals surface area contributed by atoms with E-state index in [1.54, 1.807) is 14.3 Å². The molecule has 0 radical (unpaired) electrons. The Labute approximate surface area is 285 Å². The Bertz CT molecular complexity index is 1590. The number of benzene rings is 4. The standard InChI is InChI=1S/C22H28N.C13H10.C5H5.2ClH.Zr/c1-6-7-17-8-10-21-18(12-17)13-19-14-20(9-11-22(19)21)23(15(2)3)16(4)5;1-3-7-12(8-4-1)11-13-9-5-2-6-10-13;1-2-4-5-3-1;;;/h8-16H,6-7H2,1-5H3;1-10H;1-5H;2*1H;/q;;;;;+2/p-2. The van der Waals surface area contributed by atoms with Crippen LogP contribution in [0.4, 0.5) is 5.69 Å². The molecule has 1 atom stereocenters. The number of nitrogens with zero attached hydrogens (tertiary/aromatic N) is 1. The number of fused-ring (bicyclic) bond motifs is 3. The molecule has 2 aliphatic rings. The van der Waals surface area contributed by atoms with Crippen LogP contribution in [0.5, 0.6) is 0 Å². The average molecular weight is 700 g/mol. The number of anilines is 1. The monoisotopic (exact) mass is 697 g/mol. The third-order valence-electron chi connectivity index (χ3n) is 8.84. The van der Waals surface area contributed by atoms with Crippen molar-refractivity contribution in [1.29, 1.82) is 0 Å². The van der Waals surface area contributed by atoms with E-state index >= 15 is 0 Å². The van der Waals surface area contributed by atoms with Crippen molar-refractivity contribution >= 4 is 8.89 Å². The van der Waals surface area contributed by atoms with E-state index in [1.165, 1.54) is 39.9 Å². The molecule has 4 heteroatoms. The zero-order chi connectivity index (χ0) is 29.2. The van der Waals surface area contributed by atoms with Crippen molar-refractivity contribution in [3.05, 3.63) is 149 Å². The van der Waals surface area contributed by atoms with E-state index < -0.39 is 21.3 Å². The molecule has 0 saturated carbocycles. The summed E-state index contributed by atoms with van der Waals surface area (Å²) in [6, 6.07) is 38.3. The van der Waals surface area contributed by atoms with Gasteiger partial charge in [0.15, 0.2) is 0 Å². The summed E-state index contributed by atoms with van der Waals surface area (Å²) in [6.45, 7) is 11.6. The molecule has 6 rings (SSSR count). The summed E-state index contributed by atoms with van der Waals surface area (Å²) in [5.74, 6) is 0. The molecule has 2 aliphatic carbocycles. The van der Waals surface area contributed by atoms with E-state index in [1.807, 2.05) is 0 Å². The van der Waals surface area contributed by atoms with Crippen LogP contribution < -0.4 is 29.7 Å². The summed E-state index contributed by atoms with van der Waals surface area (Å²) < 4.78 is 2.55. The van der Waals surface area contributed by atoms with Crippen LogP contribution in [-0.4, -0.2) is 15.3 Å². The van der Waals surface area contributed by atoms with Crippen LogP contribution in [0.3, 0.4) is 0 Å². The molecule has 4 aromatic carbocycles.